The molecule has 2 N–H and O–H groups in total. The van der Waals surface area contributed by atoms with Gasteiger partial charge in [-0.2, -0.15) is 4.39 Å². The van der Waals surface area contributed by atoms with Crippen LogP contribution in [0.4, 0.5) is 8.78 Å². The van der Waals surface area contributed by atoms with Crippen molar-refractivity contribution in [3.8, 4) is 0 Å². The molecule has 10 heteroatoms. The molecule has 0 spiro atoms. The number of likely N-dealkylation sites (tertiary alicyclic amines) is 1. The molecule has 156 valence electrons. The summed E-state index contributed by atoms with van der Waals surface area (Å²) in [4.78, 5) is 33.3. The minimum atomic E-state index is -0.931. The Labute approximate surface area is 169 Å². The van der Waals surface area contributed by atoms with Crippen molar-refractivity contribution < 1.29 is 27.9 Å². The average Bonchev–Trinajstić information content (AvgIpc) is 3.33. The van der Waals surface area contributed by atoms with E-state index in [1.165, 1.54) is 0 Å². The second kappa shape index (κ2) is 6.00. The lowest BCUT2D eigenvalue weighted by Crippen LogP contribution is -2.56. The van der Waals surface area contributed by atoms with Gasteiger partial charge < -0.3 is 25.1 Å². The van der Waals surface area contributed by atoms with Gasteiger partial charge in [0.2, 0.25) is 12.0 Å². The molecule has 1 saturated heterocycles. The number of fused-ring (bicyclic) bond motifs is 3. The van der Waals surface area contributed by atoms with E-state index in [1.807, 2.05) is 4.90 Å². The number of carbonyl (C=O) groups is 2. The van der Waals surface area contributed by atoms with Gasteiger partial charge in [-0.15, -0.1) is 0 Å². The summed E-state index contributed by atoms with van der Waals surface area (Å²) >= 11 is 0. The molecule has 0 radical (unpaired) electrons. The van der Waals surface area contributed by atoms with Gasteiger partial charge in [-0.05, 0) is 18.9 Å². The maximum absolute atomic E-state index is 15.7. The number of oxime groups is 1. The first-order valence-corrected chi connectivity index (χ1v) is 9.94. The zero-order valence-corrected chi connectivity index (χ0v) is 15.8. The second-order valence-electron chi connectivity index (χ2n) is 8.25. The van der Waals surface area contributed by atoms with Crippen LogP contribution in [0.5, 0.6) is 0 Å². The van der Waals surface area contributed by atoms with E-state index < -0.39 is 41.5 Å². The first-order valence-electron chi connectivity index (χ1n) is 9.94. The van der Waals surface area contributed by atoms with Crippen LogP contribution >= 0.6 is 0 Å². The minimum absolute atomic E-state index is 0.0122. The van der Waals surface area contributed by atoms with Gasteiger partial charge in [-0.3, -0.25) is 9.59 Å². The van der Waals surface area contributed by atoms with Gasteiger partial charge in [0.15, 0.2) is 17.3 Å². The molecule has 6 rings (SSSR count). The van der Waals surface area contributed by atoms with Crippen LogP contribution in [0.3, 0.4) is 0 Å². The summed E-state index contributed by atoms with van der Waals surface area (Å²) in [6.45, 7) is 1.06. The largest absolute Gasteiger partial charge is 0.450 e. The summed E-state index contributed by atoms with van der Waals surface area (Å²) in [5.41, 5.74) is 6.95. The van der Waals surface area contributed by atoms with Crippen molar-refractivity contribution in [3.05, 3.63) is 46.5 Å². The number of hydrogen-bond donors (Lipinski definition) is 1. The predicted molar refractivity (Wildman–Crippen MR) is 98.4 cm³/mol. The summed E-state index contributed by atoms with van der Waals surface area (Å²) < 4.78 is 35.8. The summed E-state index contributed by atoms with van der Waals surface area (Å²) in [5, 5.41) is 3.45. The molecule has 0 aromatic carbocycles. The Bertz CT molecular complexity index is 1060. The van der Waals surface area contributed by atoms with Crippen LogP contribution in [0.2, 0.25) is 0 Å². The third-order valence-corrected chi connectivity index (χ3v) is 6.49. The van der Waals surface area contributed by atoms with Gasteiger partial charge in [0.1, 0.15) is 6.04 Å². The molecule has 0 bridgehead atoms. The minimum Gasteiger partial charge on any atom is -0.450 e. The van der Waals surface area contributed by atoms with Gasteiger partial charge in [0.05, 0.1) is 17.0 Å². The smallest absolute Gasteiger partial charge is 0.265 e. The SMILES string of the molecule is NC1CCN(C2=CC3C=C4C(F)=NOC4N4C5=C(OC(=C2F)C34)C(=O)C(=O)CC5)C1. The molecule has 4 heterocycles. The van der Waals surface area contributed by atoms with Crippen LogP contribution in [-0.2, 0) is 19.2 Å². The average molecular weight is 416 g/mol. The Balaban J connectivity index is 1.53. The summed E-state index contributed by atoms with van der Waals surface area (Å²) in [5.74, 6) is -3.45. The number of hydrogen-bond acceptors (Lipinski definition) is 8. The lowest BCUT2D eigenvalue weighted by atomic mass is 9.81. The molecular weight excluding hydrogens is 398 g/mol. The van der Waals surface area contributed by atoms with Crippen molar-refractivity contribution in [2.75, 3.05) is 13.1 Å². The molecule has 6 aliphatic rings. The van der Waals surface area contributed by atoms with E-state index in [2.05, 4.69) is 5.16 Å². The van der Waals surface area contributed by atoms with E-state index in [4.69, 9.17) is 15.3 Å². The molecular formula is C20H18F2N4O4. The lowest BCUT2D eigenvalue weighted by molar-refractivity contribution is -0.138. The maximum atomic E-state index is 15.7. The number of ketones is 2. The maximum Gasteiger partial charge on any atom is 0.265 e. The van der Waals surface area contributed by atoms with Gasteiger partial charge in [0.25, 0.3) is 11.7 Å². The number of nitrogens with zero attached hydrogens (tertiary/aromatic N) is 3. The third kappa shape index (κ3) is 2.25. The number of Topliss-reactive ketones (excluding diaryl/α,β-unsaturated/α-hetero) is 2. The van der Waals surface area contributed by atoms with Gasteiger partial charge in [-0.25, -0.2) is 4.39 Å². The number of carbonyl (C=O) groups excluding carboxylic acids is 2. The van der Waals surface area contributed by atoms with Gasteiger partial charge in [-0.1, -0.05) is 11.2 Å². The molecule has 30 heavy (non-hydrogen) atoms. The number of halogens is 2. The highest BCUT2D eigenvalue weighted by atomic mass is 19.1. The van der Waals surface area contributed by atoms with Crippen molar-refractivity contribution >= 4 is 17.5 Å². The number of allylic oxidation sites excluding steroid dienone is 3. The Morgan fingerprint density at radius 3 is 2.80 bits per heavy atom. The van der Waals surface area contributed by atoms with E-state index >= 15 is 4.39 Å². The zero-order valence-electron chi connectivity index (χ0n) is 15.8. The summed E-state index contributed by atoms with van der Waals surface area (Å²) in [6, 6.07) is -0.724. The molecule has 0 amide bonds. The van der Waals surface area contributed by atoms with Gasteiger partial charge >= 0.3 is 0 Å². The monoisotopic (exact) mass is 416 g/mol. The molecule has 4 atom stereocenters. The zero-order chi connectivity index (χ0) is 20.7. The molecule has 2 aliphatic carbocycles. The van der Waals surface area contributed by atoms with Crippen molar-refractivity contribution in [2.24, 2.45) is 16.8 Å². The fourth-order valence-electron chi connectivity index (χ4n) is 5.08. The number of ether oxygens (including phenoxy) is 1. The number of rotatable bonds is 1. The highest BCUT2D eigenvalue weighted by Gasteiger charge is 2.54. The highest BCUT2D eigenvalue weighted by Crippen LogP contribution is 2.49. The Kier molecular flexibility index (Phi) is 3.57. The summed E-state index contributed by atoms with van der Waals surface area (Å²) in [7, 11) is 0. The van der Waals surface area contributed by atoms with Crippen LogP contribution in [0.1, 0.15) is 19.3 Å². The Hall–Kier alpha value is -3.01. The molecule has 4 aliphatic heterocycles. The van der Waals surface area contributed by atoms with E-state index in [0.29, 0.717) is 24.5 Å². The first kappa shape index (κ1) is 17.8. The lowest BCUT2D eigenvalue weighted by Gasteiger charge is -2.49. The van der Waals surface area contributed by atoms with E-state index in [0.717, 1.165) is 6.42 Å². The molecule has 0 aromatic rings. The predicted octanol–water partition coefficient (Wildman–Crippen LogP) is 1.14. The summed E-state index contributed by atoms with van der Waals surface area (Å²) in [6.07, 6.45) is 3.45. The second-order valence-corrected chi connectivity index (χ2v) is 8.25. The topological polar surface area (TPSA) is 97.5 Å². The van der Waals surface area contributed by atoms with Gasteiger partial charge in [0, 0.05) is 31.5 Å². The van der Waals surface area contributed by atoms with E-state index in [-0.39, 0.29) is 36.0 Å². The molecule has 4 unspecified atom stereocenters. The molecule has 0 aromatic heterocycles. The number of nitrogens with two attached hydrogens (primary N) is 1. The third-order valence-electron chi connectivity index (χ3n) is 6.49. The van der Waals surface area contributed by atoms with Crippen molar-refractivity contribution in [3.63, 3.8) is 0 Å². The standard InChI is InChI=1S/C20H18F2N4O4/c21-14-12(25-4-3-9(23)7-25)6-8-5-10-19(22)24-30-20(10)26-11-1-2-13(27)16(28)17(11)29-18(14)15(8)26/h5-6,8-9,15,20H,1-4,7,23H2. The van der Waals surface area contributed by atoms with Crippen LogP contribution in [-0.4, -0.2) is 58.7 Å². The quantitative estimate of drug-likeness (QED) is 0.640. The van der Waals surface area contributed by atoms with Crippen molar-refractivity contribution in [1.82, 2.24) is 9.80 Å². The molecule has 0 saturated carbocycles. The molecule has 8 nitrogen and oxygen atoms in total. The van der Waals surface area contributed by atoms with Crippen LogP contribution in [0.15, 0.2) is 51.6 Å². The first-order chi connectivity index (χ1) is 14.4. The molecule has 1 fully saturated rings. The van der Waals surface area contributed by atoms with Crippen molar-refractivity contribution in [2.45, 2.75) is 37.6 Å². The van der Waals surface area contributed by atoms with E-state index in [1.54, 1.807) is 17.1 Å². The fourth-order valence-corrected chi connectivity index (χ4v) is 5.08. The Morgan fingerprint density at radius 2 is 2.03 bits per heavy atom. The normalized spacial score (nSPS) is 34.7. The van der Waals surface area contributed by atoms with Crippen LogP contribution in [0, 0.1) is 5.92 Å². The van der Waals surface area contributed by atoms with E-state index in [9.17, 15) is 14.0 Å². The van der Waals surface area contributed by atoms with Crippen LogP contribution in [0.25, 0.3) is 0 Å². The fraction of sp³-hybridized carbons (Fsp3) is 0.450. The van der Waals surface area contributed by atoms with Crippen molar-refractivity contribution in [1.29, 1.82) is 0 Å². The van der Waals surface area contributed by atoms with Crippen LogP contribution < -0.4 is 5.73 Å². The Morgan fingerprint density at radius 1 is 1.20 bits per heavy atom. The highest BCUT2D eigenvalue weighted by molar-refractivity contribution is 6.43.